The molecule has 1 aromatic carbocycles. The van der Waals surface area contributed by atoms with Gasteiger partial charge in [-0.15, -0.1) is 0 Å². The number of aromatic nitrogens is 2. The smallest absolute Gasteiger partial charge is 0.245 e. The molecular formula is C20H24FN4O5PS. The zero-order chi connectivity index (χ0) is 23.9. The summed E-state index contributed by atoms with van der Waals surface area (Å²) in [5, 5.41) is -0.579. The molecule has 0 atom stereocenters. The number of anilines is 1. The van der Waals surface area contributed by atoms with Crippen LogP contribution in [-0.2, 0) is 15.9 Å². The van der Waals surface area contributed by atoms with Gasteiger partial charge in [0.25, 0.3) is 0 Å². The van der Waals surface area contributed by atoms with Crippen molar-refractivity contribution in [1.29, 1.82) is 0 Å². The number of hydrogen-bond acceptors (Lipinski definition) is 9. The number of hydrogen-bond donors (Lipinski definition) is 3. The Morgan fingerprint density at radius 2 is 2.09 bits per heavy atom. The van der Waals surface area contributed by atoms with Crippen LogP contribution in [0.1, 0.15) is 35.1 Å². The lowest BCUT2D eigenvalue weighted by Crippen LogP contribution is -2.22. The number of carbonyl (C=O) groups excluding carboxylic acids is 2. The Hall–Kier alpha value is -2.56. The highest BCUT2D eigenvalue weighted by Gasteiger charge is 2.20. The fourth-order valence-electron chi connectivity index (χ4n) is 2.60. The van der Waals surface area contributed by atoms with E-state index in [1.54, 1.807) is 13.8 Å². The highest BCUT2D eigenvalue weighted by molar-refractivity contribution is 8.17. The summed E-state index contributed by atoms with van der Waals surface area (Å²) in [6.07, 6.45) is 5.22. The van der Waals surface area contributed by atoms with Crippen LogP contribution in [0.4, 0.5) is 10.2 Å². The maximum Gasteiger partial charge on any atom is 0.245 e. The van der Waals surface area contributed by atoms with Gasteiger partial charge < -0.3 is 24.9 Å². The Morgan fingerprint density at radius 3 is 2.69 bits per heavy atom. The Kier molecular flexibility index (Phi) is 9.11. The SMILES string of the molecule is C=P(O)(O)OCC/C(SC(=O)c1ccccc1F)=C(\C)N(C=O)Cc1cnc(C)nc1N. The minimum atomic E-state index is -3.74. The third-order valence-corrected chi connectivity index (χ3v) is 6.00. The van der Waals surface area contributed by atoms with Crippen LogP contribution in [0.3, 0.4) is 0 Å². The number of carbonyl (C=O) groups is 2. The average molecular weight is 482 g/mol. The predicted octanol–water partition coefficient (Wildman–Crippen LogP) is 2.86. The van der Waals surface area contributed by atoms with Crippen LogP contribution < -0.4 is 5.73 Å². The molecule has 0 fully saturated rings. The molecule has 9 nitrogen and oxygen atoms in total. The Morgan fingerprint density at radius 1 is 1.41 bits per heavy atom. The molecule has 0 unspecified atom stereocenters. The van der Waals surface area contributed by atoms with E-state index in [1.807, 2.05) is 0 Å². The van der Waals surface area contributed by atoms with Crippen molar-refractivity contribution in [3.63, 3.8) is 0 Å². The third kappa shape index (κ3) is 7.54. The number of thioether (sulfide) groups is 1. The van der Waals surface area contributed by atoms with E-state index in [-0.39, 0.29) is 31.0 Å². The normalized spacial score (nSPS) is 12.3. The molecule has 2 rings (SSSR count). The summed E-state index contributed by atoms with van der Waals surface area (Å²) in [6.45, 7) is 3.13. The molecule has 12 heteroatoms. The summed E-state index contributed by atoms with van der Waals surface area (Å²) in [5.74, 6) is 0.0147. The lowest BCUT2D eigenvalue weighted by atomic mass is 10.2. The summed E-state index contributed by atoms with van der Waals surface area (Å²) in [4.78, 5) is 53.1. The zero-order valence-corrected chi connectivity index (χ0v) is 19.3. The number of nitrogens with zero attached hydrogens (tertiary/aromatic N) is 3. The topological polar surface area (TPSA) is 139 Å². The predicted molar refractivity (Wildman–Crippen MR) is 123 cm³/mol. The summed E-state index contributed by atoms with van der Waals surface area (Å²) in [5.41, 5.74) is 6.66. The van der Waals surface area contributed by atoms with Gasteiger partial charge in [-0.05, 0) is 44.0 Å². The second-order valence-electron chi connectivity index (χ2n) is 6.69. The Balaban J connectivity index is 2.34. The minimum absolute atomic E-state index is 0.0342. The van der Waals surface area contributed by atoms with Gasteiger partial charge in [0, 0.05) is 28.8 Å². The molecule has 1 heterocycles. The maximum absolute atomic E-state index is 14.0. The summed E-state index contributed by atoms with van der Waals surface area (Å²) in [7, 11) is -3.74. The fraction of sp³-hybridized carbons (Fsp3) is 0.250. The van der Waals surface area contributed by atoms with Gasteiger partial charge in [-0.25, -0.2) is 14.4 Å². The fourth-order valence-corrected chi connectivity index (χ4v) is 3.93. The van der Waals surface area contributed by atoms with E-state index in [2.05, 4.69) is 16.3 Å². The molecule has 172 valence electrons. The maximum atomic E-state index is 14.0. The van der Waals surface area contributed by atoms with Gasteiger partial charge in [-0.2, -0.15) is 0 Å². The number of nitrogens with two attached hydrogens (primary N) is 1. The Bertz CT molecular complexity index is 1080. The zero-order valence-electron chi connectivity index (χ0n) is 17.6. The van der Waals surface area contributed by atoms with Crippen molar-refractivity contribution in [2.75, 3.05) is 12.3 Å². The summed E-state index contributed by atoms with van der Waals surface area (Å²) >= 11 is 0.718. The first-order valence-corrected chi connectivity index (χ1v) is 11.9. The lowest BCUT2D eigenvalue weighted by Gasteiger charge is -2.22. The molecule has 1 aromatic heterocycles. The van der Waals surface area contributed by atoms with E-state index in [1.165, 1.54) is 35.4 Å². The molecule has 0 aliphatic rings. The molecular weight excluding hydrogens is 458 g/mol. The summed E-state index contributed by atoms with van der Waals surface area (Å²) in [6, 6.07) is 5.52. The van der Waals surface area contributed by atoms with Crippen molar-refractivity contribution in [2.45, 2.75) is 26.8 Å². The van der Waals surface area contributed by atoms with Gasteiger partial charge in [0.15, 0.2) is 0 Å². The van der Waals surface area contributed by atoms with E-state index in [9.17, 15) is 23.8 Å². The van der Waals surface area contributed by atoms with Crippen LogP contribution in [0.5, 0.6) is 0 Å². The first kappa shape index (κ1) is 25.7. The number of amides is 1. The molecule has 32 heavy (non-hydrogen) atoms. The number of aryl methyl sites for hydroxylation is 1. The van der Waals surface area contributed by atoms with E-state index in [4.69, 9.17) is 10.3 Å². The highest BCUT2D eigenvalue weighted by atomic mass is 32.2. The van der Waals surface area contributed by atoms with Crippen molar-refractivity contribution < 1.29 is 28.3 Å². The van der Waals surface area contributed by atoms with Gasteiger partial charge in [0.1, 0.15) is 17.5 Å². The molecule has 0 saturated heterocycles. The molecule has 4 N–H and O–H groups in total. The van der Waals surface area contributed by atoms with Crippen LogP contribution in [0, 0.1) is 12.7 Å². The molecule has 0 aliphatic carbocycles. The van der Waals surface area contributed by atoms with Gasteiger partial charge in [0.05, 0.1) is 18.7 Å². The van der Waals surface area contributed by atoms with Crippen LogP contribution in [0.2, 0.25) is 0 Å². The molecule has 0 saturated carbocycles. The van der Waals surface area contributed by atoms with Gasteiger partial charge >= 0.3 is 0 Å². The van der Waals surface area contributed by atoms with Crippen LogP contribution in [0.25, 0.3) is 0 Å². The van der Waals surface area contributed by atoms with Crippen molar-refractivity contribution in [1.82, 2.24) is 14.9 Å². The Labute approximate surface area is 189 Å². The van der Waals surface area contributed by atoms with Crippen LogP contribution in [0.15, 0.2) is 41.1 Å². The van der Waals surface area contributed by atoms with E-state index < -0.39 is 18.5 Å². The summed E-state index contributed by atoms with van der Waals surface area (Å²) < 4.78 is 19.0. The third-order valence-electron chi connectivity index (χ3n) is 4.26. The van der Waals surface area contributed by atoms with Crippen molar-refractivity contribution in [2.24, 2.45) is 0 Å². The van der Waals surface area contributed by atoms with Crippen LogP contribution in [-0.4, -0.2) is 49.1 Å². The van der Waals surface area contributed by atoms with Crippen molar-refractivity contribution >= 4 is 43.0 Å². The van der Waals surface area contributed by atoms with Crippen molar-refractivity contribution in [3.05, 3.63) is 63.8 Å². The number of rotatable bonds is 10. The van der Waals surface area contributed by atoms with E-state index in [0.29, 0.717) is 28.4 Å². The molecule has 0 spiro atoms. The number of halogens is 1. The highest BCUT2D eigenvalue weighted by Crippen LogP contribution is 2.37. The molecule has 0 bridgehead atoms. The molecule has 0 radical (unpaired) electrons. The first-order valence-electron chi connectivity index (χ1n) is 9.31. The van der Waals surface area contributed by atoms with E-state index >= 15 is 0 Å². The molecule has 0 aliphatic heterocycles. The van der Waals surface area contributed by atoms with Gasteiger partial charge in [0.2, 0.25) is 19.1 Å². The van der Waals surface area contributed by atoms with Gasteiger partial charge in [-0.1, -0.05) is 12.1 Å². The molecule has 1 amide bonds. The second-order valence-corrected chi connectivity index (χ2v) is 9.34. The minimum Gasteiger partial charge on any atom is -0.383 e. The number of nitrogen functional groups attached to an aromatic ring is 1. The van der Waals surface area contributed by atoms with Gasteiger partial charge in [-0.3, -0.25) is 9.59 Å². The lowest BCUT2D eigenvalue weighted by molar-refractivity contribution is -0.116. The van der Waals surface area contributed by atoms with Crippen LogP contribution >= 0.6 is 19.3 Å². The number of allylic oxidation sites excluding steroid dienone is 1. The largest absolute Gasteiger partial charge is 0.383 e. The number of benzene rings is 1. The first-order chi connectivity index (χ1) is 15.0. The average Bonchev–Trinajstić information content (AvgIpc) is 2.71. The standard InChI is InChI=1S/C20H24FN4O5PS/c1-13(25(12-26)11-15-10-23-14(2)24-19(15)22)18(8-9-30-31(3,28)29)32-20(27)16-6-4-5-7-17(16)21/h4-7,10,12,28-29H,3,8-9,11H2,1-2H3,(H2,22,23,24)/b18-13-. The second kappa shape index (κ2) is 11.3. The van der Waals surface area contributed by atoms with E-state index in [0.717, 1.165) is 11.8 Å². The molecule has 2 aromatic rings. The quantitative estimate of drug-likeness (QED) is 0.345. The monoisotopic (exact) mass is 482 g/mol. The van der Waals surface area contributed by atoms with Crippen molar-refractivity contribution in [3.8, 4) is 0 Å².